The third-order valence-electron chi connectivity index (χ3n) is 4.05. The highest BCUT2D eigenvalue weighted by atomic mass is 16.5. The molecule has 0 aromatic carbocycles. The van der Waals surface area contributed by atoms with Crippen molar-refractivity contribution in [2.24, 2.45) is 0 Å². The van der Waals surface area contributed by atoms with Crippen LogP contribution in [-0.2, 0) is 4.74 Å². The molecule has 0 radical (unpaired) electrons. The fourth-order valence-electron chi connectivity index (χ4n) is 2.48. The van der Waals surface area contributed by atoms with Crippen LogP contribution in [0.1, 0.15) is 31.4 Å². The molecule has 1 unspecified atom stereocenters. The second-order valence-electron chi connectivity index (χ2n) is 5.65. The molecule has 1 aliphatic rings. The second kappa shape index (κ2) is 6.52. The fraction of sp³-hybridized carbons (Fsp3) is 0.667. The molecule has 5 nitrogen and oxygen atoms in total. The third kappa shape index (κ3) is 3.69. The standard InChI is InChI=1S/C15H25N3O2/c1-12(16-2)13-4-5-14(17-10-13)18(3)11-15(19)6-8-20-9-7-15/h4-5,10,12,16,19H,6-9,11H2,1-3H3. The van der Waals surface area contributed by atoms with Crippen molar-refractivity contribution in [3.63, 3.8) is 0 Å². The first kappa shape index (κ1) is 15.2. The summed E-state index contributed by atoms with van der Waals surface area (Å²) >= 11 is 0. The Balaban J connectivity index is 2.00. The Morgan fingerprint density at radius 2 is 2.15 bits per heavy atom. The molecule has 0 aliphatic carbocycles. The molecule has 112 valence electrons. The first-order valence-electron chi connectivity index (χ1n) is 7.18. The summed E-state index contributed by atoms with van der Waals surface area (Å²) in [5.74, 6) is 0.886. The number of anilines is 1. The zero-order chi connectivity index (χ0) is 14.6. The van der Waals surface area contributed by atoms with Crippen LogP contribution in [0.2, 0.25) is 0 Å². The molecule has 1 fully saturated rings. The second-order valence-corrected chi connectivity index (χ2v) is 5.65. The smallest absolute Gasteiger partial charge is 0.128 e. The summed E-state index contributed by atoms with van der Waals surface area (Å²) in [6, 6.07) is 4.38. The van der Waals surface area contributed by atoms with E-state index >= 15 is 0 Å². The quantitative estimate of drug-likeness (QED) is 0.852. The number of aliphatic hydroxyl groups is 1. The molecule has 0 spiro atoms. The molecule has 2 N–H and O–H groups in total. The lowest BCUT2D eigenvalue weighted by Gasteiger charge is -2.35. The van der Waals surface area contributed by atoms with Crippen molar-refractivity contribution < 1.29 is 9.84 Å². The van der Waals surface area contributed by atoms with E-state index in [1.165, 1.54) is 0 Å². The summed E-state index contributed by atoms with van der Waals surface area (Å²) in [6.07, 6.45) is 3.26. The number of nitrogens with one attached hydrogen (secondary N) is 1. The highest BCUT2D eigenvalue weighted by Crippen LogP contribution is 2.23. The van der Waals surface area contributed by atoms with Crippen molar-refractivity contribution in [1.29, 1.82) is 0 Å². The minimum absolute atomic E-state index is 0.293. The first-order chi connectivity index (χ1) is 9.54. The number of hydrogen-bond acceptors (Lipinski definition) is 5. The van der Waals surface area contributed by atoms with Crippen molar-refractivity contribution >= 4 is 5.82 Å². The number of hydrogen-bond donors (Lipinski definition) is 2. The third-order valence-corrected chi connectivity index (χ3v) is 4.05. The van der Waals surface area contributed by atoms with Crippen LogP contribution in [0.3, 0.4) is 0 Å². The molecule has 0 amide bonds. The minimum atomic E-state index is -0.661. The molecule has 1 aromatic heterocycles. The van der Waals surface area contributed by atoms with E-state index in [-0.39, 0.29) is 0 Å². The maximum atomic E-state index is 10.5. The van der Waals surface area contributed by atoms with Crippen molar-refractivity contribution in [1.82, 2.24) is 10.3 Å². The highest BCUT2D eigenvalue weighted by molar-refractivity contribution is 5.39. The largest absolute Gasteiger partial charge is 0.388 e. The van der Waals surface area contributed by atoms with Gasteiger partial charge in [-0.15, -0.1) is 0 Å². The average molecular weight is 279 g/mol. The number of likely N-dealkylation sites (N-methyl/N-ethyl adjacent to an activating group) is 1. The number of ether oxygens (including phenoxy) is 1. The van der Waals surface area contributed by atoms with Gasteiger partial charge >= 0.3 is 0 Å². The van der Waals surface area contributed by atoms with Crippen LogP contribution in [0.4, 0.5) is 5.82 Å². The SMILES string of the molecule is CNC(C)c1ccc(N(C)CC2(O)CCOCC2)nc1. The fourth-order valence-corrected chi connectivity index (χ4v) is 2.48. The van der Waals surface area contributed by atoms with Gasteiger partial charge in [-0.05, 0) is 25.6 Å². The van der Waals surface area contributed by atoms with Crippen LogP contribution in [0.15, 0.2) is 18.3 Å². The van der Waals surface area contributed by atoms with Gasteiger partial charge in [-0.2, -0.15) is 0 Å². The molecule has 0 saturated carbocycles. The maximum Gasteiger partial charge on any atom is 0.128 e. The number of rotatable bonds is 5. The van der Waals surface area contributed by atoms with E-state index in [1.54, 1.807) is 0 Å². The lowest BCUT2D eigenvalue weighted by molar-refractivity contribution is -0.0573. The predicted molar refractivity (Wildman–Crippen MR) is 80.0 cm³/mol. The molecule has 0 bridgehead atoms. The van der Waals surface area contributed by atoms with E-state index in [0.717, 1.165) is 11.4 Å². The minimum Gasteiger partial charge on any atom is -0.388 e. The lowest BCUT2D eigenvalue weighted by atomic mass is 9.94. The van der Waals surface area contributed by atoms with Gasteiger partial charge < -0.3 is 20.1 Å². The van der Waals surface area contributed by atoms with E-state index in [2.05, 4.69) is 23.3 Å². The maximum absolute atomic E-state index is 10.5. The summed E-state index contributed by atoms with van der Waals surface area (Å²) in [6.45, 7) is 3.96. The summed E-state index contributed by atoms with van der Waals surface area (Å²) in [7, 11) is 3.91. The predicted octanol–water partition coefficient (Wildman–Crippen LogP) is 1.34. The molecule has 1 aliphatic heterocycles. The van der Waals surface area contributed by atoms with Crippen molar-refractivity contribution in [3.8, 4) is 0 Å². The zero-order valence-corrected chi connectivity index (χ0v) is 12.6. The van der Waals surface area contributed by atoms with E-state index in [0.29, 0.717) is 38.6 Å². The van der Waals surface area contributed by atoms with Crippen molar-refractivity contribution in [2.75, 3.05) is 38.8 Å². The Hall–Kier alpha value is -1.17. The van der Waals surface area contributed by atoms with Gasteiger partial charge in [0.2, 0.25) is 0 Å². The van der Waals surface area contributed by atoms with Crippen molar-refractivity contribution in [3.05, 3.63) is 23.9 Å². The molecular weight excluding hydrogens is 254 g/mol. The summed E-state index contributed by atoms with van der Waals surface area (Å²) in [5.41, 5.74) is 0.500. The van der Waals surface area contributed by atoms with Gasteiger partial charge in [-0.3, -0.25) is 0 Å². The molecule has 20 heavy (non-hydrogen) atoms. The number of pyridine rings is 1. The number of nitrogens with zero attached hydrogens (tertiary/aromatic N) is 2. The molecule has 2 rings (SSSR count). The van der Waals surface area contributed by atoms with Crippen LogP contribution >= 0.6 is 0 Å². The van der Waals surface area contributed by atoms with Gasteiger partial charge in [-0.25, -0.2) is 4.98 Å². The monoisotopic (exact) mass is 279 g/mol. The van der Waals surface area contributed by atoms with Gasteiger partial charge in [0.1, 0.15) is 5.82 Å². The molecule has 1 atom stereocenters. The lowest BCUT2D eigenvalue weighted by Crippen LogP contribution is -2.46. The molecule has 1 aromatic rings. The Bertz CT molecular complexity index is 416. The molecule has 1 saturated heterocycles. The summed E-state index contributed by atoms with van der Waals surface area (Å²) < 4.78 is 5.31. The van der Waals surface area contributed by atoms with Gasteiger partial charge in [0, 0.05) is 51.9 Å². The normalized spacial score (nSPS) is 19.6. The average Bonchev–Trinajstić information content (AvgIpc) is 2.47. The Kier molecular flexibility index (Phi) is 4.96. The molecule has 5 heteroatoms. The Morgan fingerprint density at radius 1 is 1.45 bits per heavy atom. The Morgan fingerprint density at radius 3 is 2.70 bits per heavy atom. The first-order valence-corrected chi connectivity index (χ1v) is 7.18. The zero-order valence-electron chi connectivity index (χ0n) is 12.6. The van der Waals surface area contributed by atoms with E-state index in [1.807, 2.05) is 31.3 Å². The van der Waals surface area contributed by atoms with Gasteiger partial charge in [0.05, 0.1) is 5.60 Å². The van der Waals surface area contributed by atoms with Crippen LogP contribution < -0.4 is 10.2 Å². The van der Waals surface area contributed by atoms with Gasteiger partial charge in [-0.1, -0.05) is 6.07 Å². The summed E-state index contributed by atoms with van der Waals surface area (Å²) in [4.78, 5) is 6.50. The van der Waals surface area contributed by atoms with Crippen LogP contribution in [0.25, 0.3) is 0 Å². The van der Waals surface area contributed by atoms with Crippen LogP contribution in [-0.4, -0.2) is 49.5 Å². The van der Waals surface area contributed by atoms with Gasteiger partial charge in [0.15, 0.2) is 0 Å². The van der Waals surface area contributed by atoms with E-state index in [9.17, 15) is 5.11 Å². The van der Waals surface area contributed by atoms with Crippen LogP contribution in [0, 0.1) is 0 Å². The van der Waals surface area contributed by atoms with Crippen molar-refractivity contribution in [2.45, 2.75) is 31.4 Å². The molecule has 2 heterocycles. The Labute approximate surface area is 121 Å². The van der Waals surface area contributed by atoms with E-state index < -0.39 is 5.60 Å². The van der Waals surface area contributed by atoms with E-state index in [4.69, 9.17) is 4.74 Å². The molecular formula is C15H25N3O2. The summed E-state index contributed by atoms with van der Waals surface area (Å²) in [5, 5.41) is 13.7. The van der Waals surface area contributed by atoms with Gasteiger partial charge in [0.25, 0.3) is 0 Å². The number of aromatic nitrogens is 1. The topological polar surface area (TPSA) is 57.6 Å². The van der Waals surface area contributed by atoms with Crippen LogP contribution in [0.5, 0.6) is 0 Å². The highest BCUT2D eigenvalue weighted by Gasteiger charge is 2.31.